The first-order valence-electron chi connectivity index (χ1n) is 10.4. The van der Waals surface area contributed by atoms with Crippen LogP contribution in [-0.4, -0.2) is 45.4 Å². The second kappa shape index (κ2) is 8.46. The molecule has 0 spiro atoms. The molecular formula is C23H30N2O3S. The summed E-state index contributed by atoms with van der Waals surface area (Å²) in [5, 5.41) is 2.84. The van der Waals surface area contributed by atoms with Gasteiger partial charge in [0.2, 0.25) is 0 Å². The highest BCUT2D eigenvalue weighted by atomic mass is 32.2. The molecule has 2 aliphatic heterocycles. The predicted molar refractivity (Wildman–Crippen MR) is 115 cm³/mol. The molecule has 156 valence electrons. The third-order valence-electron chi connectivity index (χ3n) is 6.25. The van der Waals surface area contributed by atoms with E-state index < -0.39 is 15.2 Å². The summed E-state index contributed by atoms with van der Waals surface area (Å²) in [7, 11) is -2.04. The van der Waals surface area contributed by atoms with E-state index in [9.17, 15) is 8.42 Å². The molecule has 0 saturated carbocycles. The molecular weight excluding hydrogens is 384 g/mol. The third-order valence-corrected chi connectivity index (χ3v) is 8.52. The van der Waals surface area contributed by atoms with Gasteiger partial charge in [0.05, 0.1) is 7.11 Å². The molecule has 1 atom stereocenters. The topological polar surface area (TPSA) is 58.6 Å². The second-order valence-corrected chi connectivity index (χ2v) is 10.2. The molecule has 2 aliphatic rings. The molecule has 0 aromatic heterocycles. The Balaban J connectivity index is 1.75. The lowest BCUT2D eigenvalue weighted by atomic mass is 9.94. The van der Waals surface area contributed by atoms with Gasteiger partial charge in [0, 0.05) is 13.1 Å². The quantitative estimate of drug-likeness (QED) is 0.814. The van der Waals surface area contributed by atoms with Crippen LogP contribution in [0.1, 0.15) is 29.5 Å². The number of rotatable bonds is 5. The van der Waals surface area contributed by atoms with Crippen LogP contribution in [0.15, 0.2) is 47.4 Å². The minimum atomic E-state index is -3.59. The summed E-state index contributed by atoms with van der Waals surface area (Å²) >= 11 is 0. The smallest absolute Gasteiger partial charge is 0.198 e. The minimum Gasteiger partial charge on any atom is -0.495 e. The number of aryl methyl sites for hydroxylation is 1. The van der Waals surface area contributed by atoms with Crippen molar-refractivity contribution in [3.8, 4) is 5.75 Å². The number of hydrogen-bond donors (Lipinski definition) is 1. The van der Waals surface area contributed by atoms with Gasteiger partial charge in [0.1, 0.15) is 16.0 Å². The van der Waals surface area contributed by atoms with Gasteiger partial charge in [-0.05, 0) is 74.0 Å². The van der Waals surface area contributed by atoms with Crippen molar-refractivity contribution in [3.05, 3.63) is 59.2 Å². The van der Waals surface area contributed by atoms with E-state index in [1.54, 1.807) is 13.2 Å². The van der Waals surface area contributed by atoms with Crippen molar-refractivity contribution in [1.82, 2.24) is 10.2 Å². The maximum atomic E-state index is 14.0. The Morgan fingerprint density at radius 2 is 1.83 bits per heavy atom. The molecule has 0 amide bonds. The van der Waals surface area contributed by atoms with E-state index in [4.69, 9.17) is 4.74 Å². The van der Waals surface area contributed by atoms with Crippen LogP contribution in [0.4, 0.5) is 0 Å². The molecule has 0 aliphatic carbocycles. The van der Waals surface area contributed by atoms with Gasteiger partial charge in [0.25, 0.3) is 0 Å². The normalized spacial score (nSPS) is 19.5. The molecule has 5 nitrogen and oxygen atoms in total. The van der Waals surface area contributed by atoms with Crippen molar-refractivity contribution < 1.29 is 13.2 Å². The number of sulfone groups is 1. The van der Waals surface area contributed by atoms with E-state index in [2.05, 4.69) is 28.4 Å². The molecule has 2 aromatic carbocycles. The average molecular weight is 415 g/mol. The molecule has 0 bridgehead atoms. The van der Waals surface area contributed by atoms with Crippen molar-refractivity contribution in [3.63, 3.8) is 0 Å². The minimum absolute atomic E-state index is 0.109. The zero-order valence-electron chi connectivity index (χ0n) is 17.2. The SMILES string of the molecule is COc1cc(C)ccc1S(=O)(=O)C(C1CCNCC1)N1CCc2ccccc2C1. The van der Waals surface area contributed by atoms with Gasteiger partial charge in [-0.2, -0.15) is 0 Å². The van der Waals surface area contributed by atoms with Crippen LogP contribution in [0.25, 0.3) is 0 Å². The third kappa shape index (κ3) is 4.06. The first kappa shape index (κ1) is 20.4. The fourth-order valence-electron chi connectivity index (χ4n) is 4.75. The fraction of sp³-hybridized carbons (Fsp3) is 0.478. The number of piperidine rings is 1. The highest BCUT2D eigenvalue weighted by molar-refractivity contribution is 7.92. The summed E-state index contributed by atoms with van der Waals surface area (Å²) in [6.07, 6.45) is 2.63. The van der Waals surface area contributed by atoms with Crippen LogP contribution in [0.2, 0.25) is 0 Å². The van der Waals surface area contributed by atoms with E-state index in [1.807, 2.05) is 25.1 Å². The van der Waals surface area contributed by atoms with Crippen molar-refractivity contribution >= 4 is 9.84 Å². The van der Waals surface area contributed by atoms with Gasteiger partial charge in [-0.25, -0.2) is 8.42 Å². The monoisotopic (exact) mass is 414 g/mol. The zero-order chi connectivity index (χ0) is 20.4. The van der Waals surface area contributed by atoms with Crippen molar-refractivity contribution in [2.24, 2.45) is 5.92 Å². The first-order chi connectivity index (χ1) is 14.0. The summed E-state index contributed by atoms with van der Waals surface area (Å²) in [4.78, 5) is 2.50. The highest BCUT2D eigenvalue weighted by Gasteiger charge is 2.41. The molecule has 1 fully saturated rings. The molecule has 1 N–H and O–H groups in total. The number of ether oxygens (including phenoxy) is 1. The summed E-state index contributed by atoms with van der Waals surface area (Å²) in [6.45, 7) is 5.13. The number of fused-ring (bicyclic) bond motifs is 1. The average Bonchev–Trinajstić information content (AvgIpc) is 2.74. The summed E-state index contributed by atoms with van der Waals surface area (Å²) in [6, 6.07) is 13.8. The Bertz CT molecular complexity index is 968. The van der Waals surface area contributed by atoms with E-state index in [0.717, 1.165) is 44.5 Å². The van der Waals surface area contributed by atoms with Gasteiger partial charge in [-0.3, -0.25) is 4.90 Å². The summed E-state index contributed by atoms with van der Waals surface area (Å²) in [5.74, 6) is 0.555. The van der Waals surface area contributed by atoms with Crippen LogP contribution in [0, 0.1) is 12.8 Å². The van der Waals surface area contributed by atoms with Gasteiger partial charge < -0.3 is 10.1 Å². The molecule has 1 saturated heterocycles. The second-order valence-electron chi connectivity index (χ2n) is 8.17. The maximum Gasteiger partial charge on any atom is 0.198 e. The lowest BCUT2D eigenvalue weighted by molar-refractivity contribution is 0.159. The van der Waals surface area contributed by atoms with E-state index in [1.165, 1.54) is 11.1 Å². The van der Waals surface area contributed by atoms with Crippen molar-refractivity contribution in [2.45, 2.75) is 43.0 Å². The molecule has 2 heterocycles. The molecule has 2 aromatic rings. The van der Waals surface area contributed by atoms with Crippen molar-refractivity contribution in [2.75, 3.05) is 26.7 Å². The Hall–Kier alpha value is -1.89. The Morgan fingerprint density at radius 1 is 1.10 bits per heavy atom. The number of benzene rings is 2. The van der Waals surface area contributed by atoms with Gasteiger partial charge >= 0.3 is 0 Å². The molecule has 1 unspecified atom stereocenters. The lowest BCUT2D eigenvalue weighted by Gasteiger charge is -2.40. The van der Waals surface area contributed by atoms with Gasteiger partial charge in [-0.1, -0.05) is 30.3 Å². The van der Waals surface area contributed by atoms with Crippen LogP contribution in [0.5, 0.6) is 5.75 Å². The molecule has 4 rings (SSSR count). The Morgan fingerprint density at radius 3 is 2.55 bits per heavy atom. The fourth-order valence-corrected chi connectivity index (χ4v) is 7.04. The lowest BCUT2D eigenvalue weighted by Crippen LogP contribution is -2.50. The predicted octanol–water partition coefficient (Wildman–Crippen LogP) is 3.16. The Kier molecular flexibility index (Phi) is 5.95. The first-order valence-corrected chi connectivity index (χ1v) is 12.0. The molecule has 29 heavy (non-hydrogen) atoms. The highest BCUT2D eigenvalue weighted by Crippen LogP contribution is 2.36. The number of nitrogens with one attached hydrogen (secondary N) is 1. The summed E-state index contributed by atoms with van der Waals surface area (Å²) in [5.41, 5.74) is 3.56. The van der Waals surface area contributed by atoms with Crippen LogP contribution in [0.3, 0.4) is 0 Å². The standard InChI is InChI=1S/C23H30N2O3S/c1-17-7-8-22(21(15-17)28-2)29(26,27)23(19-9-12-24-13-10-19)25-14-11-18-5-3-4-6-20(18)16-25/h3-8,15,19,23-24H,9-14,16H2,1-2H3. The number of nitrogens with zero attached hydrogens (tertiary/aromatic N) is 1. The largest absolute Gasteiger partial charge is 0.495 e. The van der Waals surface area contributed by atoms with E-state index in [0.29, 0.717) is 17.2 Å². The van der Waals surface area contributed by atoms with E-state index >= 15 is 0 Å². The summed E-state index contributed by atoms with van der Waals surface area (Å²) < 4.78 is 33.5. The van der Waals surface area contributed by atoms with E-state index in [-0.39, 0.29) is 5.92 Å². The van der Waals surface area contributed by atoms with Crippen LogP contribution < -0.4 is 10.1 Å². The van der Waals surface area contributed by atoms with Gasteiger partial charge in [0.15, 0.2) is 9.84 Å². The van der Waals surface area contributed by atoms with Crippen LogP contribution >= 0.6 is 0 Å². The van der Waals surface area contributed by atoms with Gasteiger partial charge in [-0.15, -0.1) is 0 Å². The molecule has 6 heteroatoms. The van der Waals surface area contributed by atoms with Crippen molar-refractivity contribution in [1.29, 1.82) is 0 Å². The zero-order valence-corrected chi connectivity index (χ0v) is 18.0. The van der Waals surface area contributed by atoms with Crippen LogP contribution in [-0.2, 0) is 22.8 Å². The number of hydrogen-bond acceptors (Lipinski definition) is 5. The maximum absolute atomic E-state index is 14.0. The molecule has 0 radical (unpaired) electrons. The Labute approximate surface area is 174 Å². The number of methoxy groups -OCH3 is 1.